The van der Waals surface area contributed by atoms with E-state index in [1.807, 2.05) is 36.5 Å². The van der Waals surface area contributed by atoms with Gasteiger partial charge in [-0.15, -0.1) is 5.10 Å². The number of hydrogen-bond donors (Lipinski definition) is 1. The summed E-state index contributed by atoms with van der Waals surface area (Å²) < 4.78 is 7.79. The van der Waals surface area contributed by atoms with Crippen molar-refractivity contribution in [3.63, 3.8) is 0 Å². The molecule has 10 heteroatoms. The molecule has 6 rings (SSSR count). The first kappa shape index (κ1) is 21.9. The van der Waals surface area contributed by atoms with Crippen molar-refractivity contribution in [2.75, 3.05) is 0 Å². The van der Waals surface area contributed by atoms with Crippen molar-refractivity contribution in [1.29, 1.82) is 0 Å². The van der Waals surface area contributed by atoms with E-state index in [-0.39, 0.29) is 31.4 Å². The molecule has 10 nitrogen and oxygen atoms in total. The minimum Gasteiger partial charge on any atom is -0.487 e. The fourth-order valence-corrected chi connectivity index (χ4v) is 4.79. The number of carbonyl (C=O) groups excluding carboxylic acids is 3. The van der Waals surface area contributed by atoms with Crippen LogP contribution in [0.3, 0.4) is 0 Å². The maximum absolute atomic E-state index is 13.0. The molecule has 2 aromatic heterocycles. The van der Waals surface area contributed by atoms with Crippen LogP contribution in [0, 0.1) is 0 Å². The van der Waals surface area contributed by atoms with Crippen LogP contribution < -0.4 is 10.1 Å². The molecule has 1 unspecified atom stereocenters. The molecule has 4 heterocycles. The third kappa shape index (κ3) is 3.96. The van der Waals surface area contributed by atoms with Crippen LogP contribution in [0.15, 0.2) is 60.9 Å². The number of benzene rings is 2. The van der Waals surface area contributed by atoms with Gasteiger partial charge < -0.3 is 9.64 Å². The third-order valence-electron chi connectivity index (χ3n) is 6.57. The van der Waals surface area contributed by atoms with E-state index >= 15 is 0 Å². The van der Waals surface area contributed by atoms with Gasteiger partial charge in [0.15, 0.2) is 0 Å². The normalized spacial score (nSPS) is 17.4. The topological polar surface area (TPSA) is 119 Å². The second-order valence-corrected chi connectivity index (χ2v) is 8.87. The zero-order valence-corrected chi connectivity index (χ0v) is 19.3. The number of pyridine rings is 1. The molecule has 1 saturated heterocycles. The molecule has 180 valence electrons. The molecule has 1 N–H and O–H groups in total. The Bertz CT molecular complexity index is 1510. The maximum Gasteiger partial charge on any atom is 0.255 e. The van der Waals surface area contributed by atoms with Crippen LogP contribution in [-0.2, 0) is 29.3 Å². The van der Waals surface area contributed by atoms with Gasteiger partial charge in [0, 0.05) is 29.1 Å². The summed E-state index contributed by atoms with van der Waals surface area (Å²) in [6.07, 6.45) is 4.15. The number of hydrogen-bond acceptors (Lipinski definition) is 7. The number of rotatable bonds is 6. The molecular weight excluding hydrogens is 460 g/mol. The lowest BCUT2D eigenvalue weighted by Gasteiger charge is -2.29. The maximum atomic E-state index is 13.0. The zero-order chi connectivity index (χ0) is 24.6. The number of carbonyl (C=O) groups is 3. The van der Waals surface area contributed by atoms with Gasteiger partial charge in [-0.05, 0) is 36.2 Å². The molecule has 0 aliphatic carbocycles. The lowest BCUT2D eigenvalue weighted by Crippen LogP contribution is -2.52. The van der Waals surface area contributed by atoms with Crippen molar-refractivity contribution >= 4 is 28.6 Å². The standard InChI is InChI=1S/C26H22N6O4/c33-24-9-8-22(25(34)28-24)32-14-20-19(26(32)35)5-3-7-23(20)36-15-17-13-31(30-29-17)12-16-10-11-27-21-6-2-1-4-18(16)21/h1-7,10-11,13,22H,8-9,12,14-15H2,(H,28,33,34). The van der Waals surface area contributed by atoms with E-state index in [2.05, 4.69) is 20.6 Å². The van der Waals surface area contributed by atoms with Crippen molar-refractivity contribution in [3.8, 4) is 5.75 Å². The van der Waals surface area contributed by atoms with Crippen LogP contribution in [0.4, 0.5) is 0 Å². The summed E-state index contributed by atoms with van der Waals surface area (Å²) in [5.41, 5.74) is 3.90. The highest BCUT2D eigenvalue weighted by Gasteiger charge is 2.40. The summed E-state index contributed by atoms with van der Waals surface area (Å²) in [5.74, 6) is -0.422. The Hall–Kier alpha value is -4.60. The molecule has 0 bridgehead atoms. The number of piperidine rings is 1. The Morgan fingerprint density at radius 3 is 2.83 bits per heavy atom. The molecule has 2 aliphatic heterocycles. The van der Waals surface area contributed by atoms with Gasteiger partial charge >= 0.3 is 0 Å². The van der Waals surface area contributed by atoms with Crippen molar-refractivity contribution in [3.05, 3.63) is 83.3 Å². The quantitative estimate of drug-likeness (QED) is 0.419. The summed E-state index contributed by atoms with van der Waals surface area (Å²) in [6.45, 7) is 0.977. The molecule has 1 atom stereocenters. The van der Waals surface area contributed by atoms with E-state index in [1.165, 1.54) is 4.90 Å². The Labute approximate surface area is 205 Å². The lowest BCUT2D eigenvalue weighted by atomic mass is 10.0. The van der Waals surface area contributed by atoms with Gasteiger partial charge in [-0.25, -0.2) is 4.68 Å². The van der Waals surface area contributed by atoms with E-state index in [4.69, 9.17) is 4.74 Å². The fourth-order valence-electron chi connectivity index (χ4n) is 4.79. The number of nitrogens with zero attached hydrogens (tertiary/aromatic N) is 5. The van der Waals surface area contributed by atoms with E-state index in [9.17, 15) is 14.4 Å². The van der Waals surface area contributed by atoms with Gasteiger partial charge in [0.05, 0.1) is 24.8 Å². The van der Waals surface area contributed by atoms with Gasteiger partial charge in [0.25, 0.3) is 5.91 Å². The Kier molecular flexibility index (Phi) is 5.40. The summed E-state index contributed by atoms with van der Waals surface area (Å²) in [7, 11) is 0. The third-order valence-corrected chi connectivity index (χ3v) is 6.57. The average molecular weight is 483 g/mol. The Morgan fingerprint density at radius 2 is 1.94 bits per heavy atom. The zero-order valence-electron chi connectivity index (χ0n) is 19.3. The average Bonchev–Trinajstić information content (AvgIpc) is 3.47. The number of aromatic nitrogens is 4. The minimum atomic E-state index is -0.667. The Balaban J connectivity index is 1.15. The van der Waals surface area contributed by atoms with Crippen LogP contribution in [0.2, 0.25) is 0 Å². The van der Waals surface area contributed by atoms with E-state index in [0.29, 0.717) is 30.0 Å². The first-order valence-electron chi connectivity index (χ1n) is 11.7. The molecule has 0 saturated carbocycles. The van der Waals surface area contributed by atoms with Crippen molar-refractivity contribution in [2.24, 2.45) is 0 Å². The smallest absolute Gasteiger partial charge is 0.255 e. The first-order valence-corrected chi connectivity index (χ1v) is 11.7. The molecule has 1 fully saturated rings. The van der Waals surface area contributed by atoms with Gasteiger partial charge in [0.2, 0.25) is 11.8 Å². The highest BCUT2D eigenvalue weighted by Crippen LogP contribution is 2.33. The van der Waals surface area contributed by atoms with Gasteiger partial charge in [-0.2, -0.15) is 0 Å². The largest absolute Gasteiger partial charge is 0.487 e. The number of nitrogens with one attached hydrogen (secondary N) is 1. The van der Waals surface area contributed by atoms with Crippen molar-refractivity contribution in [2.45, 2.75) is 38.6 Å². The van der Waals surface area contributed by atoms with Crippen LogP contribution >= 0.6 is 0 Å². The summed E-state index contributed by atoms with van der Waals surface area (Å²) in [5, 5.41) is 11.9. The molecule has 2 aliphatic rings. The summed E-state index contributed by atoms with van der Waals surface area (Å²) in [4.78, 5) is 42.7. The number of imide groups is 1. The van der Waals surface area contributed by atoms with E-state index in [1.54, 1.807) is 29.1 Å². The van der Waals surface area contributed by atoms with Gasteiger partial charge in [-0.1, -0.05) is 29.5 Å². The van der Waals surface area contributed by atoms with Gasteiger partial charge in [0.1, 0.15) is 24.1 Å². The number of amides is 3. The predicted octanol–water partition coefficient (Wildman–Crippen LogP) is 2.21. The fraction of sp³-hybridized carbons (Fsp3) is 0.231. The number of para-hydroxylation sites is 1. The van der Waals surface area contributed by atoms with Crippen LogP contribution in [0.25, 0.3) is 10.9 Å². The number of ether oxygens (including phenoxy) is 1. The second-order valence-electron chi connectivity index (χ2n) is 8.87. The lowest BCUT2D eigenvalue weighted by molar-refractivity contribution is -0.136. The predicted molar refractivity (Wildman–Crippen MR) is 128 cm³/mol. The van der Waals surface area contributed by atoms with Crippen LogP contribution in [-0.4, -0.2) is 48.6 Å². The molecule has 0 spiro atoms. The summed E-state index contributed by atoms with van der Waals surface area (Å²) in [6, 6.07) is 14.5. The molecule has 4 aromatic rings. The first-order chi connectivity index (χ1) is 17.6. The van der Waals surface area contributed by atoms with E-state index < -0.39 is 11.9 Å². The molecule has 3 amide bonds. The van der Waals surface area contributed by atoms with Gasteiger partial charge in [-0.3, -0.25) is 24.7 Å². The van der Waals surface area contributed by atoms with Crippen LogP contribution in [0.5, 0.6) is 5.75 Å². The Morgan fingerprint density at radius 1 is 1.06 bits per heavy atom. The van der Waals surface area contributed by atoms with Crippen molar-refractivity contribution in [1.82, 2.24) is 30.2 Å². The molecule has 36 heavy (non-hydrogen) atoms. The highest BCUT2D eigenvalue weighted by molar-refractivity contribution is 6.05. The number of fused-ring (bicyclic) bond motifs is 2. The molecule has 0 radical (unpaired) electrons. The molecular formula is C26H22N6O4. The van der Waals surface area contributed by atoms with E-state index in [0.717, 1.165) is 22.0 Å². The minimum absolute atomic E-state index is 0.181. The van der Waals surface area contributed by atoms with Crippen molar-refractivity contribution < 1.29 is 19.1 Å². The molecule has 2 aromatic carbocycles. The summed E-state index contributed by atoms with van der Waals surface area (Å²) >= 11 is 0. The monoisotopic (exact) mass is 482 g/mol. The second kappa shape index (κ2) is 8.88. The highest BCUT2D eigenvalue weighted by atomic mass is 16.5. The SMILES string of the molecule is O=C1CCC(N2Cc3c(OCc4cn(Cc5ccnc6ccccc56)nn4)cccc3C2=O)C(=O)N1. The van der Waals surface area contributed by atoms with Crippen LogP contribution in [0.1, 0.15) is 40.0 Å².